The fraction of sp³-hybridized carbons (Fsp3) is 1.00. The van der Waals surface area contributed by atoms with Gasteiger partial charge in [-0.2, -0.15) is 0 Å². The van der Waals surface area contributed by atoms with Crippen LogP contribution in [-0.4, -0.2) is 71.4 Å². The molecular weight excluding hydrogens is 292 g/mol. The predicted octanol–water partition coefficient (Wildman–Crippen LogP) is 3.04. The second kappa shape index (κ2) is 7.73. The van der Waals surface area contributed by atoms with Crippen molar-refractivity contribution < 1.29 is 4.43 Å². The summed E-state index contributed by atoms with van der Waals surface area (Å²) >= 11 is 0. The SMILES string of the molecule is CO[Si](C)(C)CCCN1CCN(C(C)(C)C)CC1[SiH](C)C. The number of hydrogen-bond acceptors (Lipinski definition) is 3. The Hall–Kier alpha value is 0.314. The molecule has 1 fully saturated rings. The summed E-state index contributed by atoms with van der Waals surface area (Å²) in [6, 6.07) is 1.29. The van der Waals surface area contributed by atoms with Gasteiger partial charge in [0.05, 0.1) is 8.80 Å². The van der Waals surface area contributed by atoms with Crippen molar-refractivity contribution in [3.63, 3.8) is 0 Å². The average Bonchev–Trinajstić information content (AvgIpc) is 2.37. The smallest absolute Gasteiger partial charge is 0.186 e. The molecule has 1 unspecified atom stereocenters. The largest absolute Gasteiger partial charge is 0.420 e. The van der Waals surface area contributed by atoms with E-state index in [-0.39, 0.29) is 0 Å². The van der Waals surface area contributed by atoms with E-state index in [1.165, 1.54) is 38.6 Å². The van der Waals surface area contributed by atoms with Gasteiger partial charge in [-0.25, -0.2) is 0 Å². The van der Waals surface area contributed by atoms with Gasteiger partial charge >= 0.3 is 0 Å². The minimum absolute atomic E-state index is 0.318. The van der Waals surface area contributed by atoms with Crippen molar-refractivity contribution >= 4 is 17.1 Å². The second-order valence-electron chi connectivity index (χ2n) is 8.53. The van der Waals surface area contributed by atoms with Crippen molar-refractivity contribution in [3.8, 4) is 0 Å². The van der Waals surface area contributed by atoms with Gasteiger partial charge in [-0.1, -0.05) is 13.1 Å². The third-order valence-electron chi connectivity index (χ3n) is 5.03. The van der Waals surface area contributed by atoms with Crippen molar-refractivity contribution in [2.75, 3.05) is 33.3 Å². The zero-order chi connectivity index (χ0) is 16.3. The molecule has 1 saturated heterocycles. The average molecular weight is 331 g/mol. The molecule has 1 aliphatic heterocycles. The van der Waals surface area contributed by atoms with Crippen molar-refractivity contribution in [1.82, 2.24) is 9.80 Å². The first-order chi connectivity index (χ1) is 9.57. The molecule has 0 amide bonds. The zero-order valence-corrected chi connectivity index (χ0v) is 17.9. The lowest BCUT2D eigenvalue weighted by molar-refractivity contribution is 0.0465. The van der Waals surface area contributed by atoms with Gasteiger partial charge in [-0.15, -0.1) is 0 Å². The Balaban J connectivity index is 2.54. The fourth-order valence-electron chi connectivity index (χ4n) is 3.18. The molecule has 0 radical (unpaired) electrons. The van der Waals surface area contributed by atoms with E-state index in [9.17, 15) is 0 Å². The highest BCUT2D eigenvalue weighted by Crippen LogP contribution is 2.22. The van der Waals surface area contributed by atoms with Crippen LogP contribution in [0.4, 0.5) is 0 Å². The molecular formula is C16H38N2OSi2. The van der Waals surface area contributed by atoms with Crippen molar-refractivity contribution in [2.24, 2.45) is 0 Å². The molecule has 126 valence electrons. The molecule has 1 rings (SSSR count). The first-order valence-electron chi connectivity index (χ1n) is 8.61. The van der Waals surface area contributed by atoms with Gasteiger partial charge in [0.25, 0.3) is 0 Å². The Kier molecular flexibility index (Phi) is 7.12. The summed E-state index contributed by atoms with van der Waals surface area (Å²) in [5.74, 6) is 0. The molecule has 0 aromatic heterocycles. The molecule has 1 heterocycles. The maximum absolute atomic E-state index is 5.68. The monoisotopic (exact) mass is 330 g/mol. The topological polar surface area (TPSA) is 15.7 Å². The quantitative estimate of drug-likeness (QED) is 0.696. The highest BCUT2D eigenvalue weighted by Gasteiger charge is 2.34. The van der Waals surface area contributed by atoms with Crippen LogP contribution in [0.5, 0.6) is 0 Å². The van der Waals surface area contributed by atoms with Gasteiger partial charge < -0.3 is 9.33 Å². The summed E-state index contributed by atoms with van der Waals surface area (Å²) in [6.45, 7) is 21.8. The van der Waals surface area contributed by atoms with Gasteiger partial charge in [0.15, 0.2) is 8.32 Å². The normalized spacial score (nSPS) is 23.0. The van der Waals surface area contributed by atoms with E-state index in [2.05, 4.69) is 56.8 Å². The Morgan fingerprint density at radius 3 is 2.29 bits per heavy atom. The molecule has 0 bridgehead atoms. The molecule has 0 aromatic carbocycles. The minimum atomic E-state index is -1.38. The molecule has 3 nitrogen and oxygen atoms in total. The zero-order valence-electron chi connectivity index (χ0n) is 15.7. The lowest BCUT2D eigenvalue weighted by atomic mass is 10.0. The highest BCUT2D eigenvalue weighted by atomic mass is 28.4. The maximum Gasteiger partial charge on any atom is 0.186 e. The molecule has 0 aliphatic carbocycles. The third-order valence-corrected chi connectivity index (χ3v) is 9.86. The Morgan fingerprint density at radius 1 is 1.19 bits per heavy atom. The molecule has 1 aliphatic rings. The van der Waals surface area contributed by atoms with E-state index in [4.69, 9.17) is 4.43 Å². The third kappa shape index (κ3) is 6.14. The molecule has 5 heteroatoms. The summed E-state index contributed by atoms with van der Waals surface area (Å²) in [4.78, 5) is 5.48. The molecule has 0 N–H and O–H groups in total. The van der Waals surface area contributed by atoms with Gasteiger partial charge in [-0.3, -0.25) is 4.90 Å². The van der Waals surface area contributed by atoms with Crippen molar-refractivity contribution in [3.05, 3.63) is 0 Å². The summed E-state index contributed by atoms with van der Waals surface area (Å²) in [7, 11) is -0.141. The van der Waals surface area contributed by atoms with E-state index in [0.717, 1.165) is 5.67 Å². The van der Waals surface area contributed by atoms with Crippen LogP contribution in [0, 0.1) is 0 Å². The van der Waals surface area contributed by atoms with Gasteiger partial charge in [-0.05, 0) is 52.9 Å². The number of rotatable bonds is 6. The number of piperazine rings is 1. The van der Waals surface area contributed by atoms with Crippen LogP contribution in [-0.2, 0) is 4.43 Å². The second-order valence-corrected chi connectivity index (χ2v) is 16.2. The lowest BCUT2D eigenvalue weighted by Crippen LogP contribution is -2.61. The maximum atomic E-state index is 5.68. The van der Waals surface area contributed by atoms with E-state index in [0.29, 0.717) is 5.54 Å². The minimum Gasteiger partial charge on any atom is -0.420 e. The van der Waals surface area contributed by atoms with Crippen LogP contribution in [0.25, 0.3) is 0 Å². The molecule has 1 atom stereocenters. The van der Waals surface area contributed by atoms with Crippen LogP contribution in [0.15, 0.2) is 0 Å². The molecule has 0 saturated carbocycles. The van der Waals surface area contributed by atoms with Crippen LogP contribution in [0.1, 0.15) is 27.2 Å². The van der Waals surface area contributed by atoms with Crippen LogP contribution < -0.4 is 0 Å². The van der Waals surface area contributed by atoms with E-state index >= 15 is 0 Å². The summed E-state index contributed by atoms with van der Waals surface area (Å²) in [5, 5.41) is 0. The standard InChI is InChI=1S/C16H38N2OSi2/c1-16(2,3)18-12-11-17(15(14-18)20(5)6)10-9-13-21(7,8)19-4/h15,20H,9-14H2,1-8H3. The Labute approximate surface area is 135 Å². The van der Waals surface area contributed by atoms with E-state index in [1.54, 1.807) is 0 Å². The Morgan fingerprint density at radius 2 is 1.81 bits per heavy atom. The summed E-state index contributed by atoms with van der Waals surface area (Å²) in [5.41, 5.74) is 1.16. The molecule has 21 heavy (non-hydrogen) atoms. The summed E-state index contributed by atoms with van der Waals surface area (Å²) in [6.07, 6.45) is 1.31. The van der Waals surface area contributed by atoms with Gasteiger partial charge in [0.2, 0.25) is 0 Å². The molecule has 0 spiro atoms. The fourth-order valence-corrected chi connectivity index (χ4v) is 6.21. The highest BCUT2D eigenvalue weighted by molar-refractivity contribution is 6.71. The Bertz CT molecular complexity index is 316. The first kappa shape index (κ1) is 19.4. The predicted molar refractivity (Wildman–Crippen MR) is 99.5 cm³/mol. The van der Waals surface area contributed by atoms with Crippen molar-refractivity contribution in [2.45, 2.75) is 70.6 Å². The van der Waals surface area contributed by atoms with Crippen molar-refractivity contribution in [1.29, 1.82) is 0 Å². The van der Waals surface area contributed by atoms with Gasteiger partial charge in [0, 0.05) is 37.9 Å². The van der Waals surface area contributed by atoms with Gasteiger partial charge in [0.1, 0.15) is 0 Å². The van der Waals surface area contributed by atoms with Crippen LogP contribution in [0.3, 0.4) is 0 Å². The molecule has 0 aromatic rings. The van der Waals surface area contributed by atoms with E-state index < -0.39 is 17.1 Å². The van der Waals surface area contributed by atoms with Crippen LogP contribution in [0.2, 0.25) is 32.2 Å². The summed E-state index contributed by atoms with van der Waals surface area (Å²) < 4.78 is 5.68. The van der Waals surface area contributed by atoms with Crippen LogP contribution >= 0.6 is 0 Å². The number of nitrogens with zero attached hydrogens (tertiary/aromatic N) is 2. The first-order valence-corrected chi connectivity index (χ1v) is 14.7. The number of hydrogen-bond donors (Lipinski definition) is 0. The lowest BCUT2D eigenvalue weighted by Gasteiger charge is -2.48. The van der Waals surface area contributed by atoms with E-state index in [1.807, 2.05) is 7.11 Å².